The lowest BCUT2D eigenvalue weighted by Gasteiger charge is -2.28. The Morgan fingerprint density at radius 1 is 1.19 bits per heavy atom. The van der Waals surface area contributed by atoms with Crippen molar-refractivity contribution in [3.63, 3.8) is 0 Å². The molecule has 0 aliphatic rings. The maximum absolute atomic E-state index is 12.7. The number of alkyl halides is 3. The van der Waals surface area contributed by atoms with Crippen LogP contribution in [0.15, 0.2) is 18.5 Å². The zero-order valence-electron chi connectivity index (χ0n) is 8.78. The fourth-order valence-corrected chi connectivity index (χ4v) is 1.10. The highest BCUT2D eigenvalue weighted by Gasteiger charge is 2.48. The normalized spacial score (nSPS) is 12.7. The summed E-state index contributed by atoms with van der Waals surface area (Å²) in [6.07, 6.45) is -2.24. The van der Waals surface area contributed by atoms with Crippen molar-refractivity contribution in [1.29, 1.82) is 0 Å². The average molecular weight is 233 g/mol. The van der Waals surface area contributed by atoms with Gasteiger partial charge in [-0.05, 0) is 19.4 Å². The predicted molar refractivity (Wildman–Crippen MR) is 53.1 cm³/mol. The van der Waals surface area contributed by atoms with E-state index in [0.717, 1.165) is 32.3 Å². The zero-order chi connectivity index (χ0) is 12.6. The summed E-state index contributed by atoms with van der Waals surface area (Å²) in [5, 5.41) is 17.7. The lowest BCUT2D eigenvalue weighted by molar-refractivity contribution is -0.180. The van der Waals surface area contributed by atoms with Gasteiger partial charge >= 0.3 is 13.3 Å². The Bertz CT molecular complexity index is 379. The zero-order valence-corrected chi connectivity index (χ0v) is 8.78. The van der Waals surface area contributed by atoms with Gasteiger partial charge in [-0.25, -0.2) is 0 Å². The molecular weight excluding hydrogens is 222 g/mol. The molecule has 7 heteroatoms. The summed E-state index contributed by atoms with van der Waals surface area (Å²) < 4.78 is 38.1. The molecule has 0 aliphatic heterocycles. The van der Waals surface area contributed by atoms with Crippen LogP contribution in [-0.4, -0.2) is 28.3 Å². The Morgan fingerprint density at radius 2 is 1.75 bits per heavy atom. The van der Waals surface area contributed by atoms with E-state index in [1.807, 2.05) is 0 Å². The minimum Gasteiger partial charge on any atom is -0.423 e. The lowest BCUT2D eigenvalue weighted by atomic mass is 9.77. The molecule has 0 radical (unpaired) electrons. The van der Waals surface area contributed by atoms with Gasteiger partial charge in [-0.15, -0.1) is 0 Å². The van der Waals surface area contributed by atoms with E-state index in [2.05, 4.69) is 4.98 Å². The molecule has 0 unspecified atom stereocenters. The Hall–Kier alpha value is -1.08. The second kappa shape index (κ2) is 4.06. The van der Waals surface area contributed by atoms with Gasteiger partial charge in [-0.1, -0.05) is 6.07 Å². The quantitative estimate of drug-likeness (QED) is 0.735. The van der Waals surface area contributed by atoms with E-state index in [-0.39, 0.29) is 11.0 Å². The van der Waals surface area contributed by atoms with E-state index in [1.165, 1.54) is 0 Å². The topological polar surface area (TPSA) is 53.4 Å². The van der Waals surface area contributed by atoms with Crippen molar-refractivity contribution >= 4 is 12.6 Å². The van der Waals surface area contributed by atoms with Gasteiger partial charge in [0.25, 0.3) is 0 Å². The first-order valence-electron chi connectivity index (χ1n) is 4.54. The number of halogens is 3. The molecule has 0 amide bonds. The van der Waals surface area contributed by atoms with Crippen molar-refractivity contribution in [2.24, 2.45) is 0 Å². The van der Waals surface area contributed by atoms with E-state index in [0.29, 0.717) is 0 Å². The minimum atomic E-state index is -4.42. The lowest BCUT2D eigenvalue weighted by Crippen LogP contribution is -2.39. The standard InChI is InChI=1S/C9H11BF3NO2/c1-8(2,9(11,12)13)6-3-7(10(15)16)5-14-4-6/h3-5,15-16H,1-2H3. The van der Waals surface area contributed by atoms with E-state index < -0.39 is 18.7 Å². The molecule has 0 saturated carbocycles. The Kier molecular flexibility index (Phi) is 3.30. The Labute approximate surface area is 91.1 Å². The molecule has 0 saturated heterocycles. The van der Waals surface area contributed by atoms with Crippen LogP contribution < -0.4 is 5.46 Å². The van der Waals surface area contributed by atoms with Crippen LogP contribution in [0.1, 0.15) is 19.4 Å². The summed E-state index contributed by atoms with van der Waals surface area (Å²) in [5.41, 5.74) is -2.24. The largest absolute Gasteiger partial charge is 0.490 e. The van der Waals surface area contributed by atoms with Gasteiger partial charge in [0, 0.05) is 17.9 Å². The molecule has 3 nitrogen and oxygen atoms in total. The van der Waals surface area contributed by atoms with Crippen LogP contribution in [0.2, 0.25) is 0 Å². The van der Waals surface area contributed by atoms with Crippen LogP contribution in [0.3, 0.4) is 0 Å². The maximum Gasteiger partial charge on any atom is 0.490 e. The fourth-order valence-electron chi connectivity index (χ4n) is 1.10. The molecule has 2 N–H and O–H groups in total. The third-order valence-electron chi connectivity index (χ3n) is 2.49. The van der Waals surface area contributed by atoms with Gasteiger partial charge in [0.05, 0.1) is 5.41 Å². The summed E-state index contributed by atoms with van der Waals surface area (Å²) in [6.45, 7) is 2.02. The van der Waals surface area contributed by atoms with Crippen LogP contribution in [-0.2, 0) is 5.41 Å². The van der Waals surface area contributed by atoms with E-state index in [1.54, 1.807) is 0 Å². The van der Waals surface area contributed by atoms with Gasteiger partial charge in [0.1, 0.15) is 0 Å². The Balaban J connectivity index is 3.19. The molecule has 0 fully saturated rings. The highest BCUT2D eigenvalue weighted by Crippen LogP contribution is 2.39. The van der Waals surface area contributed by atoms with Gasteiger partial charge in [-0.2, -0.15) is 13.2 Å². The summed E-state index contributed by atoms with van der Waals surface area (Å²) >= 11 is 0. The first kappa shape index (κ1) is 13.0. The summed E-state index contributed by atoms with van der Waals surface area (Å²) in [7, 11) is -1.82. The van der Waals surface area contributed by atoms with Crippen LogP contribution in [0.4, 0.5) is 13.2 Å². The third-order valence-corrected chi connectivity index (χ3v) is 2.49. The fraction of sp³-hybridized carbons (Fsp3) is 0.444. The van der Waals surface area contributed by atoms with Gasteiger partial charge in [0.15, 0.2) is 0 Å². The van der Waals surface area contributed by atoms with Crippen LogP contribution in [0.25, 0.3) is 0 Å². The van der Waals surface area contributed by atoms with E-state index >= 15 is 0 Å². The molecule has 1 rings (SSSR count). The number of hydrogen-bond donors (Lipinski definition) is 2. The summed E-state index contributed by atoms with van der Waals surface area (Å²) in [4.78, 5) is 3.57. The Morgan fingerprint density at radius 3 is 2.19 bits per heavy atom. The van der Waals surface area contributed by atoms with Crippen molar-refractivity contribution in [2.45, 2.75) is 25.4 Å². The van der Waals surface area contributed by atoms with Crippen molar-refractivity contribution in [3.8, 4) is 0 Å². The van der Waals surface area contributed by atoms with Gasteiger partial charge in [-0.3, -0.25) is 4.98 Å². The van der Waals surface area contributed by atoms with Crippen molar-refractivity contribution in [1.82, 2.24) is 4.98 Å². The number of nitrogens with zero attached hydrogens (tertiary/aromatic N) is 1. The number of pyridine rings is 1. The highest BCUT2D eigenvalue weighted by molar-refractivity contribution is 6.58. The molecule has 0 atom stereocenters. The smallest absolute Gasteiger partial charge is 0.423 e. The number of aromatic nitrogens is 1. The van der Waals surface area contributed by atoms with E-state index in [4.69, 9.17) is 10.0 Å². The highest BCUT2D eigenvalue weighted by atomic mass is 19.4. The van der Waals surface area contributed by atoms with Gasteiger partial charge in [0.2, 0.25) is 0 Å². The van der Waals surface area contributed by atoms with Crippen molar-refractivity contribution < 1.29 is 23.2 Å². The molecule has 1 aromatic heterocycles. The molecule has 1 aromatic rings. The molecule has 88 valence electrons. The maximum atomic E-state index is 12.7. The number of hydrogen-bond acceptors (Lipinski definition) is 3. The van der Waals surface area contributed by atoms with Crippen molar-refractivity contribution in [2.75, 3.05) is 0 Å². The molecule has 16 heavy (non-hydrogen) atoms. The number of rotatable bonds is 2. The van der Waals surface area contributed by atoms with Crippen molar-refractivity contribution in [3.05, 3.63) is 24.0 Å². The van der Waals surface area contributed by atoms with Crippen LogP contribution in [0, 0.1) is 0 Å². The first-order chi connectivity index (χ1) is 7.16. The minimum absolute atomic E-state index is 0.0603. The molecule has 1 heterocycles. The SMILES string of the molecule is CC(C)(c1cncc(B(O)O)c1)C(F)(F)F. The monoisotopic (exact) mass is 233 g/mol. The van der Waals surface area contributed by atoms with E-state index in [9.17, 15) is 13.2 Å². The first-order valence-corrected chi connectivity index (χ1v) is 4.54. The van der Waals surface area contributed by atoms with Crippen LogP contribution >= 0.6 is 0 Å². The average Bonchev–Trinajstić information content (AvgIpc) is 2.16. The molecule has 0 spiro atoms. The third kappa shape index (κ3) is 2.36. The second-order valence-corrected chi connectivity index (χ2v) is 4.00. The summed E-state index contributed by atoms with van der Waals surface area (Å²) in [5.74, 6) is 0. The molecule has 0 aromatic carbocycles. The second-order valence-electron chi connectivity index (χ2n) is 4.00. The molecule has 0 bridgehead atoms. The molecular formula is C9H11BF3NO2. The van der Waals surface area contributed by atoms with Crippen LogP contribution in [0.5, 0.6) is 0 Å². The van der Waals surface area contributed by atoms with Gasteiger partial charge < -0.3 is 10.0 Å². The predicted octanol–water partition coefficient (Wildman–Crippen LogP) is 0.601. The summed E-state index contributed by atoms with van der Waals surface area (Å²) in [6, 6.07) is 1.09. The molecule has 0 aliphatic carbocycles.